The number of amides is 4. The van der Waals surface area contributed by atoms with Crippen molar-refractivity contribution < 1.29 is 9.59 Å². The summed E-state index contributed by atoms with van der Waals surface area (Å²) in [7, 11) is 0. The molecule has 0 aromatic heterocycles. The number of carbonyl (C=O) groups is 2. The lowest BCUT2D eigenvalue weighted by atomic mass is 10.1. The molecule has 31 heavy (non-hydrogen) atoms. The van der Waals surface area contributed by atoms with Gasteiger partial charge in [-0.1, -0.05) is 67.6 Å². The fraction of sp³-hybridized carbons (Fsp3) is 0.200. The van der Waals surface area contributed by atoms with E-state index in [1.165, 1.54) is 0 Å². The fourth-order valence-corrected chi connectivity index (χ4v) is 3.13. The van der Waals surface area contributed by atoms with Crippen molar-refractivity contribution in [3.63, 3.8) is 0 Å². The van der Waals surface area contributed by atoms with Gasteiger partial charge < -0.3 is 16.0 Å². The summed E-state index contributed by atoms with van der Waals surface area (Å²) in [5.74, 6) is 0. The quantitative estimate of drug-likeness (QED) is 0.486. The van der Waals surface area contributed by atoms with Crippen molar-refractivity contribution in [2.45, 2.75) is 26.4 Å². The highest BCUT2D eigenvalue weighted by atomic mass is 16.2. The van der Waals surface area contributed by atoms with Crippen LogP contribution in [0.25, 0.3) is 0 Å². The van der Waals surface area contributed by atoms with E-state index >= 15 is 0 Å². The highest BCUT2D eigenvalue weighted by Gasteiger charge is 2.17. The Kier molecular flexibility index (Phi) is 8.05. The van der Waals surface area contributed by atoms with E-state index in [1.54, 1.807) is 4.90 Å². The zero-order chi connectivity index (χ0) is 21.9. The maximum atomic E-state index is 13.1. The molecule has 3 N–H and O–H groups in total. The van der Waals surface area contributed by atoms with Crippen LogP contribution in [0.1, 0.15) is 24.5 Å². The lowest BCUT2D eigenvalue weighted by Crippen LogP contribution is -2.36. The molecule has 4 amide bonds. The largest absolute Gasteiger partial charge is 0.338 e. The average Bonchev–Trinajstić information content (AvgIpc) is 2.82. The van der Waals surface area contributed by atoms with Crippen LogP contribution in [0.4, 0.5) is 21.0 Å². The van der Waals surface area contributed by atoms with Gasteiger partial charge in [-0.2, -0.15) is 0 Å². The van der Waals surface area contributed by atoms with Crippen molar-refractivity contribution in [3.05, 3.63) is 96.1 Å². The predicted molar refractivity (Wildman–Crippen MR) is 124 cm³/mol. The molecule has 0 heterocycles. The number of benzene rings is 3. The van der Waals surface area contributed by atoms with Gasteiger partial charge >= 0.3 is 12.1 Å². The zero-order valence-corrected chi connectivity index (χ0v) is 17.7. The predicted octanol–water partition coefficient (Wildman–Crippen LogP) is 4.94. The SMILES string of the molecule is CCCNC(=O)NCc1cccc(CNC(=O)N(c2ccccc2)c2ccccc2)c1. The minimum Gasteiger partial charge on any atom is -0.338 e. The lowest BCUT2D eigenvalue weighted by Gasteiger charge is -2.23. The molecular weight excluding hydrogens is 388 g/mol. The van der Waals surface area contributed by atoms with Crippen molar-refractivity contribution in [1.29, 1.82) is 0 Å². The van der Waals surface area contributed by atoms with Crippen molar-refractivity contribution >= 4 is 23.4 Å². The van der Waals surface area contributed by atoms with Crippen LogP contribution in [0.5, 0.6) is 0 Å². The molecule has 0 fully saturated rings. The van der Waals surface area contributed by atoms with Crippen molar-refractivity contribution in [2.24, 2.45) is 0 Å². The van der Waals surface area contributed by atoms with Gasteiger partial charge in [-0.3, -0.25) is 4.90 Å². The Morgan fingerprint density at radius 1 is 0.710 bits per heavy atom. The van der Waals surface area contributed by atoms with Gasteiger partial charge in [0.15, 0.2) is 0 Å². The lowest BCUT2D eigenvalue weighted by molar-refractivity contribution is 0.240. The molecule has 6 heteroatoms. The molecule has 0 unspecified atom stereocenters. The molecule has 0 atom stereocenters. The van der Waals surface area contributed by atoms with E-state index in [1.807, 2.05) is 91.9 Å². The average molecular weight is 417 g/mol. The van der Waals surface area contributed by atoms with Gasteiger partial charge in [0.05, 0.1) is 11.4 Å². The molecule has 3 aromatic rings. The first-order valence-corrected chi connectivity index (χ1v) is 10.4. The first kappa shape index (κ1) is 21.9. The van der Waals surface area contributed by atoms with Crippen molar-refractivity contribution in [3.8, 4) is 0 Å². The normalized spacial score (nSPS) is 10.2. The maximum Gasteiger partial charge on any atom is 0.326 e. The Morgan fingerprint density at radius 2 is 1.26 bits per heavy atom. The topological polar surface area (TPSA) is 73.5 Å². The van der Waals surface area contributed by atoms with E-state index in [2.05, 4.69) is 16.0 Å². The monoisotopic (exact) mass is 416 g/mol. The number of nitrogens with zero attached hydrogens (tertiary/aromatic N) is 1. The van der Waals surface area contributed by atoms with Gasteiger partial charge in [0.2, 0.25) is 0 Å². The van der Waals surface area contributed by atoms with Crippen LogP contribution in [0, 0.1) is 0 Å². The Balaban J connectivity index is 1.64. The van der Waals surface area contributed by atoms with Gasteiger partial charge in [0.1, 0.15) is 0 Å². The summed E-state index contributed by atoms with van der Waals surface area (Å²) in [6, 6.07) is 26.5. The third-order valence-electron chi connectivity index (χ3n) is 4.66. The van der Waals surface area contributed by atoms with Gasteiger partial charge in [-0.15, -0.1) is 0 Å². The fourth-order valence-electron chi connectivity index (χ4n) is 3.13. The summed E-state index contributed by atoms with van der Waals surface area (Å²) in [6.07, 6.45) is 0.894. The number of rotatable bonds is 8. The van der Waals surface area contributed by atoms with Crippen LogP contribution in [0.3, 0.4) is 0 Å². The summed E-state index contributed by atoms with van der Waals surface area (Å²) in [5.41, 5.74) is 3.52. The molecule has 3 rings (SSSR count). The first-order chi connectivity index (χ1) is 15.2. The molecule has 0 saturated carbocycles. The Hall–Kier alpha value is -3.80. The van der Waals surface area contributed by atoms with E-state index in [0.717, 1.165) is 28.9 Å². The Morgan fingerprint density at radius 3 is 1.81 bits per heavy atom. The molecule has 3 aromatic carbocycles. The van der Waals surface area contributed by atoms with E-state index in [-0.39, 0.29) is 12.1 Å². The highest BCUT2D eigenvalue weighted by molar-refractivity contribution is 5.99. The maximum absolute atomic E-state index is 13.1. The van der Waals surface area contributed by atoms with Crippen molar-refractivity contribution in [1.82, 2.24) is 16.0 Å². The number of urea groups is 2. The smallest absolute Gasteiger partial charge is 0.326 e. The number of hydrogen-bond acceptors (Lipinski definition) is 2. The standard InChI is InChI=1S/C25H28N4O2/c1-2-16-26-24(30)27-18-20-10-9-11-21(17-20)19-28-25(31)29(22-12-5-3-6-13-22)23-14-7-4-8-15-23/h3-15,17H,2,16,18-19H2,1H3,(H,28,31)(H2,26,27,30). The van der Waals surface area contributed by atoms with Crippen LogP contribution in [0.2, 0.25) is 0 Å². The van der Waals surface area contributed by atoms with E-state index < -0.39 is 0 Å². The van der Waals surface area contributed by atoms with E-state index in [9.17, 15) is 9.59 Å². The van der Waals surface area contributed by atoms with Crippen molar-refractivity contribution in [2.75, 3.05) is 11.4 Å². The number of hydrogen-bond donors (Lipinski definition) is 3. The molecule has 0 saturated heterocycles. The zero-order valence-electron chi connectivity index (χ0n) is 17.7. The second kappa shape index (κ2) is 11.4. The molecule has 0 aliphatic rings. The highest BCUT2D eigenvalue weighted by Crippen LogP contribution is 2.25. The summed E-state index contributed by atoms with van der Waals surface area (Å²) in [5, 5.41) is 8.63. The number of para-hydroxylation sites is 2. The first-order valence-electron chi connectivity index (χ1n) is 10.4. The van der Waals surface area contributed by atoms with Crippen LogP contribution < -0.4 is 20.9 Å². The molecule has 0 aliphatic carbocycles. The molecule has 6 nitrogen and oxygen atoms in total. The van der Waals surface area contributed by atoms with Gasteiger partial charge in [-0.25, -0.2) is 9.59 Å². The number of anilines is 2. The Bertz CT molecular complexity index is 938. The summed E-state index contributed by atoms with van der Waals surface area (Å²) in [6.45, 7) is 3.47. The summed E-state index contributed by atoms with van der Waals surface area (Å²) in [4.78, 5) is 26.5. The molecule has 0 radical (unpaired) electrons. The molecule has 0 spiro atoms. The van der Waals surface area contributed by atoms with Crippen LogP contribution >= 0.6 is 0 Å². The minimum absolute atomic E-state index is 0.179. The molecule has 0 aliphatic heterocycles. The van der Waals surface area contributed by atoms with Gasteiger partial charge in [0, 0.05) is 19.6 Å². The summed E-state index contributed by atoms with van der Waals surface area (Å²) < 4.78 is 0. The van der Waals surface area contributed by atoms with Crippen LogP contribution in [-0.4, -0.2) is 18.6 Å². The van der Waals surface area contributed by atoms with Crippen LogP contribution in [-0.2, 0) is 13.1 Å². The second-order valence-electron chi connectivity index (χ2n) is 7.09. The van der Waals surface area contributed by atoms with Gasteiger partial charge in [0.25, 0.3) is 0 Å². The number of nitrogens with one attached hydrogen (secondary N) is 3. The molecule has 160 valence electrons. The van der Waals surface area contributed by atoms with Gasteiger partial charge in [-0.05, 0) is 41.8 Å². The molecule has 0 bridgehead atoms. The second-order valence-corrected chi connectivity index (χ2v) is 7.09. The third kappa shape index (κ3) is 6.60. The Labute approximate surface area is 183 Å². The van der Waals surface area contributed by atoms with Crippen LogP contribution in [0.15, 0.2) is 84.9 Å². The van der Waals surface area contributed by atoms with E-state index in [0.29, 0.717) is 19.6 Å². The number of carbonyl (C=O) groups excluding carboxylic acids is 2. The molecular formula is C25H28N4O2. The minimum atomic E-state index is -0.208. The summed E-state index contributed by atoms with van der Waals surface area (Å²) >= 11 is 0. The van der Waals surface area contributed by atoms with E-state index in [4.69, 9.17) is 0 Å². The third-order valence-corrected chi connectivity index (χ3v) is 4.66.